The fraction of sp³-hybridized carbons (Fsp3) is 0.387. The molecule has 3 aromatic rings. The summed E-state index contributed by atoms with van der Waals surface area (Å²) in [6.45, 7) is 8.47. The number of hydrogen-bond donors (Lipinski definition) is 1. The molecule has 2 heterocycles. The summed E-state index contributed by atoms with van der Waals surface area (Å²) >= 11 is 0. The SMILES string of the molecule is Cc1cccc2ccnc(N(C(=O)c3cccc(C#CCCO)c3)[C@@H]3CCCN(C(=O)OC(C)(C)C)C3)c12. The molecule has 1 aliphatic rings. The average Bonchev–Trinajstić information content (AvgIpc) is 2.88. The third kappa shape index (κ3) is 6.32. The molecule has 4 rings (SSSR count). The summed E-state index contributed by atoms with van der Waals surface area (Å²) in [7, 11) is 0. The number of fused-ring (bicyclic) bond motifs is 1. The summed E-state index contributed by atoms with van der Waals surface area (Å²) in [5.74, 6) is 6.31. The van der Waals surface area contributed by atoms with Crippen LogP contribution in [-0.2, 0) is 4.74 Å². The highest BCUT2D eigenvalue weighted by Crippen LogP contribution is 2.32. The molecule has 7 nitrogen and oxygen atoms in total. The molecule has 0 bridgehead atoms. The third-order valence-corrected chi connectivity index (χ3v) is 6.42. The van der Waals surface area contributed by atoms with Crippen molar-refractivity contribution in [1.82, 2.24) is 9.88 Å². The quantitative estimate of drug-likeness (QED) is 0.477. The van der Waals surface area contributed by atoms with Crippen LogP contribution in [0.1, 0.15) is 61.5 Å². The average molecular weight is 514 g/mol. The van der Waals surface area contributed by atoms with Gasteiger partial charge in [0.05, 0.1) is 12.6 Å². The van der Waals surface area contributed by atoms with Gasteiger partial charge < -0.3 is 14.7 Å². The molecule has 38 heavy (non-hydrogen) atoms. The fourth-order valence-corrected chi connectivity index (χ4v) is 4.75. The number of nitrogens with zero attached hydrogens (tertiary/aromatic N) is 3. The van der Waals surface area contributed by atoms with Crippen LogP contribution >= 0.6 is 0 Å². The Labute approximate surface area is 224 Å². The van der Waals surface area contributed by atoms with Crippen LogP contribution in [0.3, 0.4) is 0 Å². The second kappa shape index (κ2) is 11.7. The van der Waals surface area contributed by atoms with E-state index in [2.05, 4.69) is 11.8 Å². The highest BCUT2D eigenvalue weighted by molar-refractivity contribution is 6.11. The first-order valence-corrected chi connectivity index (χ1v) is 13.0. The van der Waals surface area contributed by atoms with E-state index in [0.717, 1.165) is 29.2 Å². The number of amides is 2. The number of rotatable bonds is 4. The fourth-order valence-electron chi connectivity index (χ4n) is 4.75. The number of ether oxygens (including phenoxy) is 1. The third-order valence-electron chi connectivity index (χ3n) is 6.42. The predicted octanol–water partition coefficient (Wildman–Crippen LogP) is 5.32. The number of hydrogen-bond acceptors (Lipinski definition) is 5. The topological polar surface area (TPSA) is 83.0 Å². The minimum absolute atomic E-state index is 0.0126. The smallest absolute Gasteiger partial charge is 0.410 e. The van der Waals surface area contributed by atoms with E-state index in [0.29, 0.717) is 36.5 Å². The van der Waals surface area contributed by atoms with E-state index < -0.39 is 5.60 Å². The zero-order valence-electron chi connectivity index (χ0n) is 22.5. The van der Waals surface area contributed by atoms with Gasteiger partial charge in [-0.1, -0.05) is 36.1 Å². The zero-order chi connectivity index (χ0) is 27.3. The summed E-state index contributed by atoms with van der Waals surface area (Å²) in [5.41, 5.74) is 1.60. The van der Waals surface area contributed by atoms with Crippen molar-refractivity contribution in [2.45, 2.75) is 58.6 Å². The highest BCUT2D eigenvalue weighted by Gasteiger charge is 2.35. The molecule has 1 atom stereocenters. The van der Waals surface area contributed by atoms with Gasteiger partial charge in [-0.3, -0.25) is 9.69 Å². The van der Waals surface area contributed by atoms with E-state index in [1.54, 1.807) is 28.1 Å². The van der Waals surface area contributed by atoms with Crippen molar-refractivity contribution in [2.24, 2.45) is 0 Å². The van der Waals surface area contributed by atoms with Gasteiger partial charge in [0.25, 0.3) is 5.91 Å². The Balaban J connectivity index is 1.77. The van der Waals surface area contributed by atoms with Crippen LogP contribution in [0.15, 0.2) is 54.7 Å². The molecule has 1 fully saturated rings. The van der Waals surface area contributed by atoms with Crippen molar-refractivity contribution >= 4 is 28.6 Å². The lowest BCUT2D eigenvalue weighted by molar-refractivity contribution is 0.0196. The maximum atomic E-state index is 14.3. The van der Waals surface area contributed by atoms with E-state index in [4.69, 9.17) is 14.8 Å². The Hall–Kier alpha value is -3.89. The lowest BCUT2D eigenvalue weighted by Crippen LogP contribution is -2.53. The monoisotopic (exact) mass is 513 g/mol. The van der Waals surface area contributed by atoms with E-state index in [9.17, 15) is 9.59 Å². The molecule has 1 aromatic heterocycles. The van der Waals surface area contributed by atoms with E-state index in [1.165, 1.54) is 0 Å². The number of benzene rings is 2. The molecule has 7 heteroatoms. The molecule has 0 unspecified atom stereocenters. The van der Waals surface area contributed by atoms with Crippen LogP contribution in [0.4, 0.5) is 10.6 Å². The lowest BCUT2D eigenvalue weighted by atomic mass is 10.00. The Morgan fingerprint density at radius 3 is 2.74 bits per heavy atom. The van der Waals surface area contributed by atoms with Crippen molar-refractivity contribution < 1.29 is 19.4 Å². The largest absolute Gasteiger partial charge is 0.444 e. The van der Waals surface area contributed by atoms with Crippen molar-refractivity contribution in [3.8, 4) is 11.8 Å². The Morgan fingerprint density at radius 1 is 1.18 bits per heavy atom. The number of aliphatic hydroxyl groups excluding tert-OH is 1. The molecule has 1 saturated heterocycles. The number of aryl methyl sites for hydroxylation is 1. The van der Waals surface area contributed by atoms with Crippen LogP contribution in [0.25, 0.3) is 10.8 Å². The summed E-state index contributed by atoms with van der Waals surface area (Å²) in [5, 5.41) is 11.0. The molecule has 0 aliphatic carbocycles. The minimum Gasteiger partial charge on any atom is -0.444 e. The molecular formula is C31H35N3O4. The Bertz CT molecular complexity index is 1380. The van der Waals surface area contributed by atoms with Gasteiger partial charge in [-0.2, -0.15) is 0 Å². The zero-order valence-corrected chi connectivity index (χ0v) is 22.5. The molecular weight excluding hydrogens is 478 g/mol. The van der Waals surface area contributed by atoms with Gasteiger partial charge in [-0.25, -0.2) is 9.78 Å². The molecule has 0 radical (unpaired) electrons. The number of piperidine rings is 1. The van der Waals surface area contributed by atoms with Crippen LogP contribution in [-0.4, -0.2) is 58.3 Å². The van der Waals surface area contributed by atoms with Crippen molar-refractivity contribution in [1.29, 1.82) is 0 Å². The van der Waals surface area contributed by atoms with Crippen LogP contribution in [0, 0.1) is 18.8 Å². The summed E-state index contributed by atoms with van der Waals surface area (Å²) in [6.07, 6.45) is 3.18. The Kier molecular flexibility index (Phi) is 8.33. The van der Waals surface area contributed by atoms with E-state index >= 15 is 0 Å². The molecule has 2 amide bonds. The summed E-state index contributed by atoms with van der Waals surface area (Å²) in [4.78, 5) is 35.4. The van der Waals surface area contributed by atoms with Gasteiger partial charge in [-0.15, -0.1) is 0 Å². The van der Waals surface area contributed by atoms with Crippen LogP contribution < -0.4 is 4.90 Å². The maximum Gasteiger partial charge on any atom is 0.410 e. The number of aliphatic hydroxyl groups is 1. The molecule has 1 aliphatic heterocycles. The number of carbonyl (C=O) groups is 2. The number of carbonyl (C=O) groups excluding carboxylic acids is 2. The van der Waals surface area contributed by atoms with Crippen molar-refractivity contribution in [3.63, 3.8) is 0 Å². The maximum absolute atomic E-state index is 14.3. The predicted molar refractivity (Wildman–Crippen MR) is 149 cm³/mol. The molecule has 1 N–H and O–H groups in total. The number of aromatic nitrogens is 1. The van der Waals surface area contributed by atoms with Gasteiger partial charge >= 0.3 is 6.09 Å². The molecule has 2 aromatic carbocycles. The van der Waals surface area contributed by atoms with Gasteiger partial charge in [0.15, 0.2) is 0 Å². The number of pyridine rings is 1. The van der Waals surface area contributed by atoms with Gasteiger partial charge in [0.1, 0.15) is 11.4 Å². The van der Waals surface area contributed by atoms with Gasteiger partial charge in [0, 0.05) is 42.2 Å². The summed E-state index contributed by atoms with van der Waals surface area (Å²) in [6, 6.07) is 14.9. The molecule has 0 saturated carbocycles. The van der Waals surface area contributed by atoms with Crippen molar-refractivity contribution in [2.75, 3.05) is 24.6 Å². The van der Waals surface area contributed by atoms with E-state index in [-0.39, 0.29) is 24.6 Å². The standard InChI is InChI=1S/C31H35N3O4/c1-22-10-7-13-24-16-17-32-28(27(22)24)34(26-15-9-18-33(21-26)30(37)38-31(2,3)4)29(36)25-14-8-12-23(20-25)11-5-6-19-35/h7-8,10,12-14,16-17,20,26,35H,6,9,15,18-19,21H2,1-4H3/t26-/m1/s1. The van der Waals surface area contributed by atoms with Crippen LogP contribution in [0.2, 0.25) is 0 Å². The Morgan fingerprint density at radius 2 is 1.97 bits per heavy atom. The van der Waals surface area contributed by atoms with Gasteiger partial charge in [0.2, 0.25) is 0 Å². The van der Waals surface area contributed by atoms with Gasteiger partial charge in [-0.05, 0) is 75.8 Å². The van der Waals surface area contributed by atoms with Crippen LogP contribution in [0.5, 0.6) is 0 Å². The first-order chi connectivity index (χ1) is 18.2. The molecule has 198 valence electrons. The second-order valence-corrected chi connectivity index (χ2v) is 10.6. The van der Waals surface area contributed by atoms with Crippen molar-refractivity contribution in [3.05, 3.63) is 71.4 Å². The second-order valence-electron chi connectivity index (χ2n) is 10.6. The highest BCUT2D eigenvalue weighted by atomic mass is 16.6. The lowest BCUT2D eigenvalue weighted by Gasteiger charge is -2.39. The number of likely N-dealkylation sites (tertiary alicyclic amines) is 1. The minimum atomic E-state index is -0.606. The summed E-state index contributed by atoms with van der Waals surface area (Å²) < 4.78 is 5.64. The molecule has 0 spiro atoms. The van der Waals surface area contributed by atoms with E-state index in [1.807, 2.05) is 64.1 Å². The first-order valence-electron chi connectivity index (χ1n) is 13.0. The normalized spacial score (nSPS) is 15.5. The first kappa shape index (κ1) is 27.2. The number of anilines is 1.